The summed E-state index contributed by atoms with van der Waals surface area (Å²) < 4.78 is 13.8. The molecule has 2 aromatic rings. The van der Waals surface area contributed by atoms with Crippen molar-refractivity contribution in [2.45, 2.75) is 19.3 Å². The highest BCUT2D eigenvalue weighted by Crippen LogP contribution is 2.34. The van der Waals surface area contributed by atoms with Gasteiger partial charge in [0, 0.05) is 22.5 Å². The smallest absolute Gasteiger partial charge is 0.213 e. The van der Waals surface area contributed by atoms with Crippen LogP contribution >= 0.6 is 11.6 Å². The van der Waals surface area contributed by atoms with Gasteiger partial charge in [-0.25, -0.2) is 4.98 Å². The summed E-state index contributed by atoms with van der Waals surface area (Å²) in [6, 6.07) is 7.59. The third-order valence-electron chi connectivity index (χ3n) is 3.34. The predicted octanol–water partition coefficient (Wildman–Crippen LogP) is 2.74. The van der Waals surface area contributed by atoms with Crippen LogP contribution in [0.5, 0.6) is 0 Å². The van der Waals surface area contributed by atoms with Crippen LogP contribution in [0.3, 0.4) is 0 Å². The van der Waals surface area contributed by atoms with Gasteiger partial charge in [-0.05, 0) is 19.1 Å². The minimum absolute atomic E-state index is 0.584. The molecule has 0 spiro atoms. The van der Waals surface area contributed by atoms with Crippen molar-refractivity contribution in [2.75, 3.05) is 13.2 Å². The van der Waals surface area contributed by atoms with E-state index in [2.05, 4.69) is 4.98 Å². The molecule has 2 heterocycles. The molecule has 1 fully saturated rings. The average molecular weight is 279 g/mol. The molecule has 5 heteroatoms. The second-order valence-electron chi connectivity index (χ2n) is 4.62. The van der Waals surface area contributed by atoms with Crippen LogP contribution < -0.4 is 0 Å². The van der Waals surface area contributed by atoms with Gasteiger partial charge in [-0.3, -0.25) is 0 Å². The molecule has 0 radical (unpaired) electrons. The molecule has 0 atom stereocenters. The number of aryl methyl sites for hydroxylation is 1. The molecule has 0 aliphatic carbocycles. The van der Waals surface area contributed by atoms with E-state index in [0.29, 0.717) is 24.8 Å². The highest BCUT2D eigenvalue weighted by molar-refractivity contribution is 6.30. The quantitative estimate of drug-likeness (QED) is 0.866. The molecular formula is C14H15ClN2O2. The van der Waals surface area contributed by atoms with E-state index >= 15 is 0 Å². The normalized spacial score (nSPS) is 17.8. The maximum absolute atomic E-state index is 5.93. The highest BCUT2D eigenvalue weighted by Gasteiger charge is 2.39. The lowest BCUT2D eigenvalue weighted by Gasteiger charge is -2.28. The Morgan fingerprint density at radius 3 is 2.53 bits per heavy atom. The summed E-state index contributed by atoms with van der Waals surface area (Å²) in [6.45, 7) is 3.78. The highest BCUT2D eigenvalue weighted by atomic mass is 35.5. The van der Waals surface area contributed by atoms with Crippen LogP contribution in [0.15, 0.2) is 36.8 Å². The van der Waals surface area contributed by atoms with Crippen molar-refractivity contribution in [3.63, 3.8) is 0 Å². The van der Waals surface area contributed by atoms with Crippen molar-refractivity contribution in [3.05, 3.63) is 53.1 Å². The van der Waals surface area contributed by atoms with Gasteiger partial charge in [0.25, 0.3) is 0 Å². The zero-order valence-electron chi connectivity index (χ0n) is 10.7. The van der Waals surface area contributed by atoms with Crippen molar-refractivity contribution >= 4 is 11.6 Å². The molecule has 0 N–H and O–H groups in total. The fourth-order valence-corrected chi connectivity index (χ4v) is 2.41. The van der Waals surface area contributed by atoms with Crippen molar-refractivity contribution in [1.29, 1.82) is 0 Å². The van der Waals surface area contributed by atoms with Crippen molar-refractivity contribution in [1.82, 2.24) is 9.55 Å². The van der Waals surface area contributed by atoms with E-state index in [9.17, 15) is 0 Å². The van der Waals surface area contributed by atoms with E-state index in [4.69, 9.17) is 21.1 Å². The number of ether oxygens (including phenoxy) is 2. The Morgan fingerprint density at radius 2 is 1.95 bits per heavy atom. The first-order valence-corrected chi connectivity index (χ1v) is 6.58. The molecule has 19 heavy (non-hydrogen) atoms. The minimum Gasteiger partial charge on any atom is -0.342 e. The second kappa shape index (κ2) is 4.96. The summed E-state index contributed by atoms with van der Waals surface area (Å²) in [5.74, 6) is -0.740. The van der Waals surface area contributed by atoms with Gasteiger partial charge in [0.1, 0.15) is 0 Å². The van der Waals surface area contributed by atoms with Gasteiger partial charge in [-0.1, -0.05) is 23.7 Å². The Hall–Kier alpha value is -1.36. The summed E-state index contributed by atoms with van der Waals surface area (Å²) in [5.41, 5.74) is 2.05. The van der Waals surface area contributed by atoms with Crippen LogP contribution in [0.25, 0.3) is 0 Å². The fourth-order valence-electron chi connectivity index (χ4n) is 2.28. The zero-order chi connectivity index (χ0) is 13.3. The lowest BCUT2D eigenvalue weighted by atomic mass is 10.1. The number of imidazole rings is 1. The Bertz CT molecular complexity index is 559. The maximum Gasteiger partial charge on any atom is 0.213 e. The number of hydrogen-bond donors (Lipinski definition) is 0. The molecule has 0 saturated carbocycles. The van der Waals surface area contributed by atoms with Crippen LogP contribution in [0, 0.1) is 6.92 Å². The third kappa shape index (κ3) is 2.39. The van der Waals surface area contributed by atoms with Gasteiger partial charge in [0.2, 0.25) is 5.79 Å². The standard InChI is InChI=1S/C14H15ClN2O2/c1-11-8-16-10-17(11)9-14(18-6-7-19-14)12-2-4-13(15)5-3-12/h2-5,8,10H,6-7,9H2,1H3. The minimum atomic E-state index is -0.740. The Balaban J connectivity index is 1.95. The van der Waals surface area contributed by atoms with Crippen LogP contribution in [-0.2, 0) is 21.8 Å². The zero-order valence-corrected chi connectivity index (χ0v) is 11.4. The second-order valence-corrected chi connectivity index (χ2v) is 5.06. The fraction of sp³-hybridized carbons (Fsp3) is 0.357. The molecule has 1 aromatic heterocycles. The first-order chi connectivity index (χ1) is 9.20. The first-order valence-electron chi connectivity index (χ1n) is 6.20. The Labute approximate surface area is 116 Å². The lowest BCUT2D eigenvalue weighted by molar-refractivity contribution is -0.176. The lowest BCUT2D eigenvalue weighted by Crippen LogP contribution is -2.33. The molecule has 0 amide bonds. The van der Waals surface area contributed by atoms with Gasteiger partial charge in [-0.2, -0.15) is 0 Å². The Kier molecular flexibility index (Phi) is 3.31. The van der Waals surface area contributed by atoms with Crippen molar-refractivity contribution in [2.24, 2.45) is 0 Å². The van der Waals surface area contributed by atoms with E-state index in [-0.39, 0.29) is 0 Å². The van der Waals surface area contributed by atoms with E-state index in [1.54, 1.807) is 6.33 Å². The van der Waals surface area contributed by atoms with Crippen molar-refractivity contribution < 1.29 is 9.47 Å². The number of benzene rings is 1. The number of hydrogen-bond acceptors (Lipinski definition) is 3. The van der Waals surface area contributed by atoms with Gasteiger partial charge in [0.15, 0.2) is 0 Å². The van der Waals surface area contributed by atoms with Gasteiger partial charge in [0.05, 0.1) is 26.1 Å². The summed E-state index contributed by atoms with van der Waals surface area (Å²) in [5, 5.41) is 0.704. The average Bonchev–Trinajstić information content (AvgIpc) is 3.02. The summed E-state index contributed by atoms with van der Waals surface area (Å²) in [7, 11) is 0. The summed E-state index contributed by atoms with van der Waals surface area (Å²) in [4.78, 5) is 4.13. The van der Waals surface area contributed by atoms with E-state index in [1.165, 1.54) is 0 Å². The maximum atomic E-state index is 5.93. The van der Waals surface area contributed by atoms with Crippen molar-refractivity contribution in [3.8, 4) is 0 Å². The molecular weight excluding hydrogens is 264 g/mol. The number of rotatable bonds is 3. The molecule has 100 valence electrons. The molecule has 3 rings (SSSR count). The van der Waals surface area contributed by atoms with Gasteiger partial charge in [-0.15, -0.1) is 0 Å². The number of nitrogens with zero attached hydrogens (tertiary/aromatic N) is 2. The predicted molar refractivity (Wildman–Crippen MR) is 72.0 cm³/mol. The molecule has 1 aliphatic heterocycles. The van der Waals surface area contributed by atoms with E-state index < -0.39 is 5.79 Å². The SMILES string of the molecule is Cc1cncn1CC1(c2ccc(Cl)cc2)OCCO1. The monoisotopic (exact) mass is 278 g/mol. The molecule has 0 bridgehead atoms. The molecule has 0 unspecified atom stereocenters. The van der Waals surface area contributed by atoms with Crippen LogP contribution in [-0.4, -0.2) is 22.8 Å². The molecule has 1 saturated heterocycles. The number of aromatic nitrogens is 2. The van der Waals surface area contributed by atoms with E-state index in [0.717, 1.165) is 11.3 Å². The van der Waals surface area contributed by atoms with Crippen LogP contribution in [0.4, 0.5) is 0 Å². The molecule has 4 nitrogen and oxygen atoms in total. The van der Waals surface area contributed by atoms with Crippen LogP contribution in [0.2, 0.25) is 5.02 Å². The van der Waals surface area contributed by atoms with Crippen LogP contribution in [0.1, 0.15) is 11.3 Å². The topological polar surface area (TPSA) is 36.3 Å². The summed E-state index contributed by atoms with van der Waals surface area (Å²) >= 11 is 5.93. The molecule has 1 aliphatic rings. The van der Waals surface area contributed by atoms with Gasteiger partial charge < -0.3 is 14.0 Å². The Morgan fingerprint density at radius 1 is 1.26 bits per heavy atom. The third-order valence-corrected chi connectivity index (χ3v) is 3.59. The van der Waals surface area contributed by atoms with Gasteiger partial charge >= 0.3 is 0 Å². The van der Waals surface area contributed by atoms with E-state index in [1.807, 2.05) is 42.0 Å². The molecule has 1 aromatic carbocycles. The summed E-state index contributed by atoms with van der Waals surface area (Å²) in [6.07, 6.45) is 3.61. The first kappa shape index (κ1) is 12.7. The number of halogens is 1. The largest absolute Gasteiger partial charge is 0.342 e.